The van der Waals surface area contributed by atoms with Gasteiger partial charge < -0.3 is 17.0 Å². The van der Waals surface area contributed by atoms with Crippen molar-refractivity contribution in [1.82, 2.24) is 4.48 Å². The highest BCUT2D eigenvalue weighted by Crippen LogP contribution is 2.24. The third-order valence-electron chi connectivity index (χ3n) is 4.36. The van der Waals surface area contributed by atoms with E-state index in [2.05, 4.69) is 66.4 Å². The second kappa shape index (κ2) is 8.76. The number of nitrogens with zero attached hydrogens (tertiary/aromatic N) is 1. The zero-order valence-corrected chi connectivity index (χ0v) is 18.0. The number of rotatable bonds is 5. The van der Waals surface area contributed by atoms with Crippen LogP contribution in [0.1, 0.15) is 21.5 Å². The summed E-state index contributed by atoms with van der Waals surface area (Å²) in [5.74, 6) is 0.0637. The van der Waals surface area contributed by atoms with E-state index in [4.69, 9.17) is 0 Å². The molecule has 0 fully saturated rings. The van der Waals surface area contributed by atoms with Gasteiger partial charge in [0.15, 0.2) is 5.78 Å². The number of hydrogen-bond donors (Lipinski definition) is 0. The quantitative estimate of drug-likeness (QED) is 0.410. The van der Waals surface area contributed by atoms with Crippen molar-refractivity contribution in [2.24, 2.45) is 0 Å². The topological polar surface area (TPSA) is 17.1 Å². The Morgan fingerprint density at radius 3 is 1.92 bits per heavy atom. The molecule has 0 radical (unpaired) electrons. The second-order valence-corrected chi connectivity index (χ2v) is 7.63. The van der Waals surface area contributed by atoms with Crippen LogP contribution in [0.3, 0.4) is 0 Å². The zero-order valence-electron chi connectivity index (χ0n) is 14.8. The van der Waals surface area contributed by atoms with E-state index in [9.17, 15) is 4.79 Å². The summed E-state index contributed by atoms with van der Waals surface area (Å²) >= 11 is 3.48. The maximum absolute atomic E-state index is 12.5. The fraction of sp³-hybridized carbons (Fsp3) is 0.136. The van der Waals surface area contributed by atoms with Crippen molar-refractivity contribution >= 4 is 27.4 Å². The fourth-order valence-corrected chi connectivity index (χ4v) is 3.17. The molecule has 4 heteroatoms. The monoisotopic (exact) mass is 473 g/mol. The minimum absolute atomic E-state index is 0. The molecule has 0 spiro atoms. The van der Waals surface area contributed by atoms with Crippen LogP contribution in [0.15, 0.2) is 83.3 Å². The minimum atomic E-state index is 0. The molecule has 0 aromatic heterocycles. The van der Waals surface area contributed by atoms with E-state index in [1.807, 2.05) is 42.5 Å². The van der Waals surface area contributed by atoms with Gasteiger partial charge in [0.2, 0.25) is 0 Å². The Labute approximate surface area is 174 Å². The summed E-state index contributed by atoms with van der Waals surface area (Å²) in [7, 11) is 4.37. The molecule has 0 saturated heterocycles. The van der Waals surface area contributed by atoms with Crippen molar-refractivity contribution in [1.29, 1.82) is 0 Å². The summed E-state index contributed by atoms with van der Waals surface area (Å²) in [5, 5.41) is 0. The minimum Gasteiger partial charge on any atom is -1.00 e. The second-order valence-electron chi connectivity index (χ2n) is 6.71. The van der Waals surface area contributed by atoms with Gasteiger partial charge in [-0.3, -0.25) is 9.28 Å². The molecule has 0 atom stereocenters. The standard InChI is InChI=1S/C22H21BrNO.BrH/c1-24(2,21-14-12-20(23)13-15-21)16-17-8-10-19(11-9-17)22(25)18-6-4-3-5-7-18;/h3-15H,16H2,1-2H3;1H/q+1;/p-1. The Morgan fingerprint density at radius 2 is 1.35 bits per heavy atom. The average molecular weight is 475 g/mol. The highest BCUT2D eigenvalue weighted by molar-refractivity contribution is 9.10. The number of hydrogen-bond acceptors (Lipinski definition) is 1. The van der Waals surface area contributed by atoms with Gasteiger partial charge in [-0.2, -0.15) is 0 Å². The third-order valence-corrected chi connectivity index (χ3v) is 4.88. The molecule has 26 heavy (non-hydrogen) atoms. The molecular weight excluding hydrogens is 454 g/mol. The van der Waals surface area contributed by atoms with Crippen LogP contribution in [-0.2, 0) is 6.54 Å². The summed E-state index contributed by atoms with van der Waals surface area (Å²) in [5.41, 5.74) is 3.90. The van der Waals surface area contributed by atoms with Gasteiger partial charge >= 0.3 is 0 Å². The molecule has 0 aliphatic rings. The first-order valence-corrected chi connectivity index (χ1v) is 9.03. The molecule has 0 heterocycles. The summed E-state index contributed by atoms with van der Waals surface area (Å²) in [4.78, 5) is 12.5. The molecule has 0 saturated carbocycles. The fourth-order valence-electron chi connectivity index (χ4n) is 2.91. The Bertz CT molecular complexity index is 857. The van der Waals surface area contributed by atoms with Crippen LogP contribution in [0.4, 0.5) is 5.69 Å². The van der Waals surface area contributed by atoms with E-state index >= 15 is 0 Å². The lowest BCUT2D eigenvalue weighted by molar-refractivity contribution is -0.0000124. The zero-order chi connectivity index (χ0) is 17.9. The van der Waals surface area contributed by atoms with Crippen molar-refractivity contribution in [2.75, 3.05) is 14.1 Å². The van der Waals surface area contributed by atoms with Crippen molar-refractivity contribution in [3.8, 4) is 0 Å². The Balaban J connectivity index is 0.00000243. The first-order valence-electron chi connectivity index (χ1n) is 8.23. The summed E-state index contributed by atoms with van der Waals surface area (Å²) in [6.45, 7) is 0.863. The van der Waals surface area contributed by atoms with Crippen LogP contribution >= 0.6 is 15.9 Å². The first kappa shape index (κ1) is 20.6. The number of ketones is 1. The van der Waals surface area contributed by atoms with Crippen LogP contribution in [0.2, 0.25) is 0 Å². The molecule has 0 aliphatic heterocycles. The number of carbonyl (C=O) groups excluding carboxylic acids is 1. The molecule has 3 aromatic rings. The van der Waals surface area contributed by atoms with Crippen molar-refractivity contribution in [2.45, 2.75) is 6.54 Å². The largest absolute Gasteiger partial charge is 1.00 e. The lowest BCUT2D eigenvalue weighted by Crippen LogP contribution is -3.00. The SMILES string of the molecule is C[N+](C)(Cc1ccc(C(=O)c2ccccc2)cc1)c1ccc(Br)cc1.[Br-]. The van der Waals surface area contributed by atoms with Gasteiger partial charge in [0.1, 0.15) is 12.2 Å². The molecule has 0 amide bonds. The van der Waals surface area contributed by atoms with Gasteiger partial charge in [-0.25, -0.2) is 0 Å². The Hall–Kier alpha value is -1.75. The number of halogens is 2. The maximum atomic E-state index is 12.5. The lowest BCUT2D eigenvalue weighted by atomic mass is 10.0. The molecule has 0 unspecified atom stereocenters. The van der Waals surface area contributed by atoms with Crippen molar-refractivity contribution in [3.63, 3.8) is 0 Å². The predicted octanol–water partition coefficient (Wildman–Crippen LogP) is 2.45. The van der Waals surface area contributed by atoms with Crippen LogP contribution in [0.5, 0.6) is 0 Å². The van der Waals surface area contributed by atoms with Crippen LogP contribution < -0.4 is 21.5 Å². The maximum Gasteiger partial charge on any atom is 0.193 e. The van der Waals surface area contributed by atoms with Gasteiger partial charge in [-0.1, -0.05) is 70.5 Å². The molecule has 0 aliphatic carbocycles. The van der Waals surface area contributed by atoms with Gasteiger partial charge in [-0.05, 0) is 12.1 Å². The van der Waals surface area contributed by atoms with E-state index in [0.29, 0.717) is 0 Å². The number of carbonyl (C=O) groups is 1. The average Bonchev–Trinajstić information content (AvgIpc) is 2.62. The van der Waals surface area contributed by atoms with Crippen LogP contribution in [-0.4, -0.2) is 19.9 Å². The lowest BCUT2D eigenvalue weighted by Gasteiger charge is -2.29. The van der Waals surface area contributed by atoms with E-state index < -0.39 is 0 Å². The van der Waals surface area contributed by atoms with E-state index in [-0.39, 0.29) is 22.8 Å². The first-order chi connectivity index (χ1) is 12.0. The van der Waals surface area contributed by atoms with Crippen molar-refractivity contribution < 1.29 is 21.8 Å². The molecular formula is C22H21Br2NO. The number of benzene rings is 3. The van der Waals surface area contributed by atoms with Gasteiger partial charge in [0.05, 0.1) is 14.1 Å². The Kier molecular flexibility index (Phi) is 6.93. The van der Waals surface area contributed by atoms with E-state index in [1.165, 1.54) is 11.3 Å². The molecule has 134 valence electrons. The summed E-state index contributed by atoms with van der Waals surface area (Å²) in [6.07, 6.45) is 0. The molecule has 2 nitrogen and oxygen atoms in total. The van der Waals surface area contributed by atoms with Crippen LogP contribution in [0, 0.1) is 0 Å². The van der Waals surface area contributed by atoms with Gasteiger partial charge in [0.25, 0.3) is 0 Å². The highest BCUT2D eigenvalue weighted by Gasteiger charge is 2.19. The van der Waals surface area contributed by atoms with Crippen LogP contribution in [0.25, 0.3) is 0 Å². The smallest absolute Gasteiger partial charge is 0.193 e. The normalized spacial score (nSPS) is 10.9. The predicted molar refractivity (Wildman–Crippen MR) is 108 cm³/mol. The van der Waals surface area contributed by atoms with Gasteiger partial charge in [-0.15, -0.1) is 0 Å². The van der Waals surface area contributed by atoms with Crippen molar-refractivity contribution in [3.05, 3.63) is 100 Å². The molecule has 0 N–H and O–H groups in total. The van der Waals surface area contributed by atoms with Gasteiger partial charge in [0, 0.05) is 33.3 Å². The molecule has 3 rings (SSSR count). The van der Waals surface area contributed by atoms with E-state index in [0.717, 1.165) is 26.6 Å². The summed E-state index contributed by atoms with van der Waals surface area (Å²) < 4.78 is 1.83. The number of quaternary nitrogens is 1. The Morgan fingerprint density at radius 1 is 0.808 bits per heavy atom. The molecule has 0 bridgehead atoms. The van der Waals surface area contributed by atoms with E-state index in [1.54, 1.807) is 0 Å². The highest BCUT2D eigenvalue weighted by atomic mass is 79.9. The summed E-state index contributed by atoms with van der Waals surface area (Å²) in [6, 6.07) is 25.8. The third kappa shape index (κ3) is 4.91. The molecule has 3 aromatic carbocycles.